The van der Waals surface area contributed by atoms with Crippen LogP contribution in [0.3, 0.4) is 0 Å². The molecule has 18 heavy (non-hydrogen) atoms. The lowest BCUT2D eigenvalue weighted by Crippen LogP contribution is -2.22. The van der Waals surface area contributed by atoms with Crippen LogP contribution in [0.5, 0.6) is 5.88 Å². The van der Waals surface area contributed by atoms with E-state index in [2.05, 4.69) is 20.2 Å². The van der Waals surface area contributed by atoms with Gasteiger partial charge in [0.2, 0.25) is 11.8 Å². The third kappa shape index (κ3) is 3.84. The number of aromatic nitrogens is 2. The molecule has 2 rings (SSSR count). The van der Waals surface area contributed by atoms with Crippen molar-refractivity contribution >= 4 is 5.95 Å². The van der Waals surface area contributed by atoms with Gasteiger partial charge in [-0.2, -0.15) is 4.98 Å². The van der Waals surface area contributed by atoms with E-state index in [4.69, 9.17) is 4.74 Å². The number of aryl methyl sites for hydroxylation is 1. The molecule has 0 saturated carbocycles. The largest absolute Gasteiger partial charge is 0.481 e. The van der Waals surface area contributed by atoms with E-state index in [0.717, 1.165) is 25.2 Å². The van der Waals surface area contributed by atoms with Crippen LogP contribution in [0.25, 0.3) is 0 Å². The molecule has 0 unspecified atom stereocenters. The number of methoxy groups -OCH3 is 1. The fraction of sp³-hybridized carbons (Fsp3) is 0.692. The van der Waals surface area contributed by atoms with Crippen molar-refractivity contribution in [3.63, 3.8) is 0 Å². The first-order chi connectivity index (χ1) is 8.78. The summed E-state index contributed by atoms with van der Waals surface area (Å²) in [6.07, 6.45) is 3.83. The zero-order chi connectivity index (χ0) is 12.8. The van der Waals surface area contributed by atoms with Gasteiger partial charge in [0.1, 0.15) is 0 Å². The van der Waals surface area contributed by atoms with Crippen molar-refractivity contribution in [1.82, 2.24) is 14.9 Å². The van der Waals surface area contributed by atoms with Crippen LogP contribution in [0.15, 0.2) is 6.07 Å². The number of hydrogen-bond donors (Lipinski definition) is 1. The minimum absolute atomic E-state index is 0.615. The molecule has 1 N–H and O–H groups in total. The normalized spacial score (nSPS) is 15.9. The zero-order valence-electron chi connectivity index (χ0n) is 11.3. The summed E-state index contributed by atoms with van der Waals surface area (Å²) in [5.74, 6) is 1.28. The predicted molar refractivity (Wildman–Crippen MR) is 72.1 cm³/mol. The maximum absolute atomic E-state index is 5.12. The summed E-state index contributed by atoms with van der Waals surface area (Å²) >= 11 is 0. The molecule has 1 aromatic rings. The predicted octanol–water partition coefficient (Wildman–Crippen LogP) is 1.69. The van der Waals surface area contributed by atoms with Crippen molar-refractivity contribution in [3.8, 4) is 5.88 Å². The molecule has 100 valence electrons. The van der Waals surface area contributed by atoms with Crippen LogP contribution in [-0.4, -0.2) is 48.2 Å². The van der Waals surface area contributed by atoms with Crippen LogP contribution >= 0.6 is 0 Å². The van der Waals surface area contributed by atoms with Crippen LogP contribution in [0, 0.1) is 6.92 Å². The quantitative estimate of drug-likeness (QED) is 0.779. The monoisotopic (exact) mass is 250 g/mol. The first-order valence-corrected chi connectivity index (χ1v) is 6.64. The fourth-order valence-electron chi connectivity index (χ4n) is 2.23. The molecule has 1 aliphatic rings. The highest BCUT2D eigenvalue weighted by atomic mass is 16.5. The molecular formula is C13H22N4O. The summed E-state index contributed by atoms with van der Waals surface area (Å²) < 4.78 is 5.12. The molecule has 1 fully saturated rings. The Labute approximate surface area is 109 Å². The second kappa shape index (κ2) is 6.54. The Morgan fingerprint density at radius 3 is 2.83 bits per heavy atom. The maximum Gasteiger partial charge on any atom is 0.226 e. The molecule has 2 heterocycles. The maximum atomic E-state index is 5.12. The average molecular weight is 250 g/mol. The second-order valence-corrected chi connectivity index (χ2v) is 4.70. The van der Waals surface area contributed by atoms with Gasteiger partial charge in [-0.15, -0.1) is 0 Å². The summed E-state index contributed by atoms with van der Waals surface area (Å²) in [7, 11) is 1.62. The van der Waals surface area contributed by atoms with Crippen LogP contribution in [0.1, 0.15) is 25.0 Å². The van der Waals surface area contributed by atoms with Crippen molar-refractivity contribution in [2.24, 2.45) is 0 Å². The van der Waals surface area contributed by atoms with E-state index in [9.17, 15) is 0 Å². The summed E-state index contributed by atoms with van der Waals surface area (Å²) in [6.45, 7) is 6.53. The van der Waals surface area contributed by atoms with Crippen LogP contribution in [0.4, 0.5) is 5.95 Å². The van der Waals surface area contributed by atoms with Crippen molar-refractivity contribution < 1.29 is 4.74 Å². The lowest BCUT2D eigenvalue weighted by atomic mass is 10.4. The van der Waals surface area contributed by atoms with E-state index < -0.39 is 0 Å². The zero-order valence-corrected chi connectivity index (χ0v) is 11.3. The molecule has 1 saturated heterocycles. The smallest absolute Gasteiger partial charge is 0.226 e. The van der Waals surface area contributed by atoms with Gasteiger partial charge >= 0.3 is 0 Å². The van der Waals surface area contributed by atoms with Crippen molar-refractivity contribution in [3.05, 3.63) is 11.8 Å². The van der Waals surface area contributed by atoms with Gasteiger partial charge in [-0.05, 0) is 45.8 Å². The Bertz CT molecular complexity index is 377. The van der Waals surface area contributed by atoms with Gasteiger partial charge in [0.25, 0.3) is 0 Å². The lowest BCUT2D eigenvalue weighted by Gasteiger charge is -2.14. The van der Waals surface area contributed by atoms with Gasteiger partial charge in [-0.3, -0.25) is 0 Å². The molecule has 0 radical (unpaired) electrons. The van der Waals surface area contributed by atoms with Crippen LogP contribution in [-0.2, 0) is 0 Å². The van der Waals surface area contributed by atoms with Gasteiger partial charge in [0.05, 0.1) is 7.11 Å². The molecule has 0 bridgehead atoms. The van der Waals surface area contributed by atoms with E-state index >= 15 is 0 Å². The number of hydrogen-bond acceptors (Lipinski definition) is 5. The minimum atomic E-state index is 0.615. The van der Waals surface area contributed by atoms with Gasteiger partial charge in [0.15, 0.2) is 0 Å². The first kappa shape index (κ1) is 13.1. The van der Waals surface area contributed by atoms with E-state index in [1.807, 2.05) is 13.0 Å². The third-order valence-corrected chi connectivity index (χ3v) is 3.17. The minimum Gasteiger partial charge on any atom is -0.481 e. The van der Waals surface area contributed by atoms with Crippen molar-refractivity contribution in [2.45, 2.75) is 26.2 Å². The highest BCUT2D eigenvalue weighted by Gasteiger charge is 2.10. The Kier molecular flexibility index (Phi) is 4.75. The number of ether oxygens (including phenoxy) is 1. The van der Waals surface area contributed by atoms with Gasteiger partial charge in [0, 0.05) is 18.3 Å². The Morgan fingerprint density at radius 1 is 1.33 bits per heavy atom. The highest BCUT2D eigenvalue weighted by molar-refractivity contribution is 5.30. The molecule has 5 heteroatoms. The molecule has 5 nitrogen and oxygen atoms in total. The summed E-state index contributed by atoms with van der Waals surface area (Å²) in [6, 6.07) is 1.83. The molecule has 1 aliphatic heterocycles. The molecule has 0 atom stereocenters. The van der Waals surface area contributed by atoms with Crippen molar-refractivity contribution in [2.75, 3.05) is 38.6 Å². The van der Waals surface area contributed by atoms with Gasteiger partial charge in [-0.1, -0.05) is 0 Å². The average Bonchev–Trinajstić information content (AvgIpc) is 2.87. The Hall–Kier alpha value is -1.36. The molecular weight excluding hydrogens is 228 g/mol. The standard InChI is InChI=1S/C13H22N4O/c1-11-10-12(18-2)16-13(15-11)14-6-5-9-17-7-3-4-8-17/h10H,3-9H2,1-2H3,(H,14,15,16). The first-order valence-electron chi connectivity index (χ1n) is 6.64. The molecule has 0 spiro atoms. The number of anilines is 1. The molecule has 0 aromatic carbocycles. The number of likely N-dealkylation sites (tertiary alicyclic amines) is 1. The molecule has 0 aliphatic carbocycles. The fourth-order valence-corrected chi connectivity index (χ4v) is 2.23. The summed E-state index contributed by atoms with van der Waals surface area (Å²) in [5, 5.41) is 3.26. The summed E-state index contributed by atoms with van der Waals surface area (Å²) in [4.78, 5) is 11.1. The van der Waals surface area contributed by atoms with E-state index in [1.54, 1.807) is 7.11 Å². The van der Waals surface area contributed by atoms with Crippen molar-refractivity contribution in [1.29, 1.82) is 0 Å². The number of nitrogens with zero attached hydrogens (tertiary/aromatic N) is 3. The summed E-state index contributed by atoms with van der Waals surface area (Å²) in [5.41, 5.74) is 0.920. The topological polar surface area (TPSA) is 50.3 Å². The molecule has 1 aromatic heterocycles. The Morgan fingerprint density at radius 2 is 2.11 bits per heavy atom. The van der Waals surface area contributed by atoms with Gasteiger partial charge in [-0.25, -0.2) is 4.98 Å². The highest BCUT2D eigenvalue weighted by Crippen LogP contribution is 2.11. The van der Waals surface area contributed by atoms with Crippen LogP contribution < -0.4 is 10.1 Å². The van der Waals surface area contributed by atoms with E-state index in [1.165, 1.54) is 25.9 Å². The number of nitrogens with one attached hydrogen (secondary N) is 1. The lowest BCUT2D eigenvalue weighted by molar-refractivity contribution is 0.337. The molecule has 0 amide bonds. The van der Waals surface area contributed by atoms with E-state index in [-0.39, 0.29) is 0 Å². The Balaban J connectivity index is 1.73. The van der Waals surface area contributed by atoms with Crippen LogP contribution in [0.2, 0.25) is 0 Å². The third-order valence-electron chi connectivity index (χ3n) is 3.17. The van der Waals surface area contributed by atoms with Gasteiger partial charge < -0.3 is 15.0 Å². The SMILES string of the molecule is COc1cc(C)nc(NCCCN2CCCC2)n1. The second-order valence-electron chi connectivity index (χ2n) is 4.70. The number of rotatable bonds is 6. The van der Waals surface area contributed by atoms with E-state index in [0.29, 0.717) is 11.8 Å².